The maximum absolute atomic E-state index is 7.36. The Labute approximate surface area is 207 Å². The van der Waals surface area contributed by atoms with Crippen LogP contribution < -0.4 is 0 Å². The first kappa shape index (κ1) is 24.1. The minimum atomic E-state index is -3.50. The third-order valence-electron chi connectivity index (χ3n) is 5.76. The third-order valence-corrected chi connectivity index (χ3v) is 11.2. The molecule has 0 amide bonds. The first-order valence-corrected chi connectivity index (χ1v) is 17.2. The zero-order valence-corrected chi connectivity index (χ0v) is 23.2. The molecule has 3 aromatic carbocycles. The van der Waals surface area contributed by atoms with Crippen LogP contribution >= 0.6 is 19.4 Å². The van der Waals surface area contributed by atoms with Crippen molar-refractivity contribution in [3.63, 3.8) is 0 Å². The number of aryl methyl sites for hydroxylation is 6. The van der Waals surface area contributed by atoms with Crippen LogP contribution in [-0.4, -0.2) is 13.7 Å². The molecule has 0 saturated heterocycles. The molecule has 0 fully saturated rings. The zero-order valence-electron chi connectivity index (χ0n) is 19.9. The van der Waals surface area contributed by atoms with Crippen molar-refractivity contribution >= 4 is 24.0 Å². The maximum atomic E-state index is 7.36. The number of imidazole rings is 1. The van der Waals surface area contributed by atoms with Gasteiger partial charge < -0.3 is 0 Å². The summed E-state index contributed by atoms with van der Waals surface area (Å²) in [6.07, 6.45) is 4.22. The fourth-order valence-corrected chi connectivity index (χ4v) is 10.4. The number of benzene rings is 3. The molecule has 2 nitrogen and oxygen atoms in total. The van der Waals surface area contributed by atoms with E-state index >= 15 is 0 Å². The van der Waals surface area contributed by atoms with E-state index in [1.807, 2.05) is 18.2 Å². The summed E-state index contributed by atoms with van der Waals surface area (Å²) in [5, 5.41) is 0. The van der Waals surface area contributed by atoms with Crippen LogP contribution in [0.25, 0.3) is 11.4 Å². The molecule has 0 bridgehead atoms. The van der Waals surface area contributed by atoms with Gasteiger partial charge in [-0.05, 0) is 0 Å². The number of rotatable bonds is 3. The molecule has 0 radical (unpaired) electrons. The summed E-state index contributed by atoms with van der Waals surface area (Å²) in [6, 6.07) is 19.0. The summed E-state index contributed by atoms with van der Waals surface area (Å²) in [7, 11) is 14.7. The van der Waals surface area contributed by atoms with E-state index in [1.165, 1.54) is 33.4 Å². The first-order chi connectivity index (χ1) is 15.6. The normalized spacial score (nSPS) is 12.1. The number of hydrogen-bond acceptors (Lipinski definition) is 0. The second kappa shape index (κ2) is 9.30. The van der Waals surface area contributed by atoms with Crippen LogP contribution in [-0.2, 0) is 11.9 Å². The SMILES string of the molecule is Cc1cc(C)c(-n2ccn(-c3c(C)cc(C)cc3C)[c]2=[Ru]([Cl])([Cl])=[CH]c2ccccc2)c(C)c1. The zero-order chi connectivity index (χ0) is 23.9. The third kappa shape index (κ3) is 4.78. The summed E-state index contributed by atoms with van der Waals surface area (Å²) in [4.78, 5) is 0. The molecule has 0 aliphatic rings. The van der Waals surface area contributed by atoms with E-state index in [1.54, 1.807) is 0 Å². The van der Waals surface area contributed by atoms with Crippen molar-refractivity contribution in [2.24, 2.45) is 0 Å². The molecule has 5 heteroatoms. The van der Waals surface area contributed by atoms with Crippen molar-refractivity contribution in [2.75, 3.05) is 0 Å². The molecule has 0 N–H and O–H groups in total. The number of hydrogen-bond donors (Lipinski definition) is 0. The van der Waals surface area contributed by atoms with E-state index in [0.29, 0.717) is 0 Å². The van der Waals surface area contributed by atoms with Crippen LogP contribution in [0.5, 0.6) is 0 Å². The Balaban J connectivity index is 2.22. The molecule has 1 aromatic heterocycles. The van der Waals surface area contributed by atoms with E-state index in [2.05, 4.69) is 104 Å². The van der Waals surface area contributed by atoms with Gasteiger partial charge in [0.2, 0.25) is 0 Å². The quantitative estimate of drug-likeness (QED) is 0.223. The molecule has 4 rings (SSSR count). The summed E-state index contributed by atoms with van der Waals surface area (Å²) in [5.74, 6) is 0. The minimum absolute atomic E-state index is 0.948. The Hall–Kier alpha value is -2.06. The van der Waals surface area contributed by atoms with Crippen molar-refractivity contribution < 1.29 is 11.9 Å². The average molecular weight is 567 g/mol. The van der Waals surface area contributed by atoms with E-state index in [4.69, 9.17) is 19.4 Å². The van der Waals surface area contributed by atoms with Crippen LogP contribution in [0.4, 0.5) is 0 Å². The topological polar surface area (TPSA) is 9.86 Å². The predicted molar refractivity (Wildman–Crippen MR) is 140 cm³/mol. The molecular weight excluding hydrogens is 536 g/mol. The standard InChI is InChI=1S/C21H24N2.C7H6.2ClH.Ru/c1-14-9-16(3)20(17(4)10-14)22-7-8-23(13-22)21-18(5)11-15(2)12-19(21)6;1-7-5-3-2-4-6-7;;;/h7-12H,1-6H3;1-6H;2*1H;/q;;;;+2/p-2. The van der Waals surface area contributed by atoms with Crippen LogP contribution in [0.15, 0.2) is 67.0 Å². The summed E-state index contributed by atoms with van der Waals surface area (Å²) >= 11 is -3.50. The number of nitrogens with zero attached hydrogens (tertiary/aromatic N) is 2. The second-order valence-electron chi connectivity index (χ2n) is 8.74. The molecule has 1 heterocycles. The van der Waals surface area contributed by atoms with Gasteiger partial charge in [0.15, 0.2) is 0 Å². The Kier molecular flexibility index (Phi) is 6.78. The number of halogens is 2. The van der Waals surface area contributed by atoms with Crippen molar-refractivity contribution in [3.05, 3.63) is 110 Å². The Bertz CT molecular complexity index is 1380. The fourth-order valence-electron chi connectivity index (χ4n) is 4.74. The van der Waals surface area contributed by atoms with Crippen LogP contribution in [0.2, 0.25) is 0 Å². The molecule has 0 aliphatic heterocycles. The van der Waals surface area contributed by atoms with Crippen LogP contribution in [0.3, 0.4) is 0 Å². The van der Waals surface area contributed by atoms with Crippen molar-refractivity contribution in [1.82, 2.24) is 9.13 Å². The van der Waals surface area contributed by atoms with Gasteiger partial charge >= 0.3 is 208 Å². The average Bonchev–Trinajstić information content (AvgIpc) is 3.12. The molecule has 4 aromatic rings. The van der Waals surface area contributed by atoms with Gasteiger partial charge in [0, 0.05) is 0 Å². The Morgan fingerprint density at radius 2 is 1.03 bits per heavy atom. The van der Waals surface area contributed by atoms with Crippen LogP contribution in [0.1, 0.15) is 38.9 Å². The second-order valence-corrected chi connectivity index (χ2v) is 18.0. The molecule has 174 valence electrons. The van der Waals surface area contributed by atoms with Gasteiger partial charge in [-0.2, -0.15) is 0 Å². The van der Waals surface area contributed by atoms with Crippen molar-refractivity contribution in [3.8, 4) is 11.4 Å². The van der Waals surface area contributed by atoms with E-state index < -0.39 is 11.9 Å². The van der Waals surface area contributed by atoms with E-state index in [0.717, 1.165) is 21.0 Å². The molecule has 0 saturated carbocycles. The molecule has 0 unspecified atom stereocenters. The molecule has 0 aliphatic carbocycles. The Morgan fingerprint density at radius 1 is 0.636 bits per heavy atom. The van der Waals surface area contributed by atoms with E-state index in [9.17, 15) is 0 Å². The van der Waals surface area contributed by atoms with Gasteiger partial charge in [-0.15, -0.1) is 0 Å². The van der Waals surface area contributed by atoms with Gasteiger partial charge in [0.05, 0.1) is 0 Å². The van der Waals surface area contributed by atoms with Crippen LogP contribution in [0, 0.1) is 45.6 Å². The van der Waals surface area contributed by atoms with Gasteiger partial charge in [-0.1, -0.05) is 0 Å². The fraction of sp³-hybridized carbons (Fsp3) is 0.214. The monoisotopic (exact) mass is 566 g/mol. The van der Waals surface area contributed by atoms with Gasteiger partial charge in [-0.25, -0.2) is 0 Å². The van der Waals surface area contributed by atoms with Crippen molar-refractivity contribution in [2.45, 2.75) is 41.5 Å². The summed E-state index contributed by atoms with van der Waals surface area (Å²) < 4.78 is 7.46. The van der Waals surface area contributed by atoms with Gasteiger partial charge in [0.25, 0.3) is 0 Å². The summed E-state index contributed by atoms with van der Waals surface area (Å²) in [6.45, 7) is 12.9. The first-order valence-electron chi connectivity index (χ1n) is 10.9. The van der Waals surface area contributed by atoms with Gasteiger partial charge in [0.1, 0.15) is 0 Å². The predicted octanol–water partition coefficient (Wildman–Crippen LogP) is 7.96. The molecule has 0 spiro atoms. The summed E-state index contributed by atoms with van der Waals surface area (Å²) in [5.41, 5.74) is 10.7. The van der Waals surface area contributed by atoms with Crippen molar-refractivity contribution in [1.29, 1.82) is 0 Å². The Morgan fingerprint density at radius 3 is 1.42 bits per heavy atom. The molecular formula is C28H30Cl2N2Ru. The van der Waals surface area contributed by atoms with E-state index in [-0.39, 0.29) is 0 Å². The molecule has 33 heavy (non-hydrogen) atoms. The molecule has 0 atom stereocenters. The number of aromatic nitrogens is 2. The van der Waals surface area contributed by atoms with Gasteiger partial charge in [-0.3, -0.25) is 0 Å².